The van der Waals surface area contributed by atoms with Gasteiger partial charge in [0.25, 0.3) is 0 Å². The van der Waals surface area contributed by atoms with Crippen molar-refractivity contribution < 1.29 is 14.0 Å². The fourth-order valence-corrected chi connectivity index (χ4v) is 2.49. The molecule has 3 aromatic rings. The third-order valence-electron chi connectivity index (χ3n) is 3.78. The molecule has 1 amide bonds. The van der Waals surface area contributed by atoms with E-state index in [1.165, 1.54) is 12.1 Å². The van der Waals surface area contributed by atoms with Crippen molar-refractivity contribution in [1.82, 2.24) is 0 Å². The summed E-state index contributed by atoms with van der Waals surface area (Å²) in [5.41, 5.74) is 9.07. The Labute approximate surface area is 144 Å². The number of hydrogen-bond acceptors (Lipinski definition) is 3. The van der Waals surface area contributed by atoms with Crippen LogP contribution in [0.1, 0.15) is 20.7 Å². The Morgan fingerprint density at radius 1 is 0.960 bits per heavy atom. The molecule has 25 heavy (non-hydrogen) atoms. The van der Waals surface area contributed by atoms with E-state index in [-0.39, 0.29) is 5.82 Å². The Morgan fingerprint density at radius 3 is 2.36 bits per heavy atom. The van der Waals surface area contributed by atoms with Crippen molar-refractivity contribution in [3.8, 4) is 11.1 Å². The molecule has 0 aliphatic carbocycles. The zero-order valence-corrected chi connectivity index (χ0v) is 13.2. The molecule has 0 aliphatic heterocycles. The van der Waals surface area contributed by atoms with Crippen LogP contribution in [-0.4, -0.2) is 12.2 Å². The molecule has 124 valence electrons. The van der Waals surface area contributed by atoms with E-state index >= 15 is 0 Å². The summed E-state index contributed by atoms with van der Waals surface area (Å²) in [6, 6.07) is 18.1. The summed E-state index contributed by atoms with van der Waals surface area (Å²) in [6.45, 7) is 0. The van der Waals surface area contributed by atoms with Gasteiger partial charge < -0.3 is 11.1 Å². The fourth-order valence-electron chi connectivity index (χ4n) is 2.49. The van der Waals surface area contributed by atoms with Crippen molar-refractivity contribution in [1.29, 1.82) is 0 Å². The maximum absolute atomic E-state index is 13.0. The SMILES string of the molecule is NC(=O)c1cccc(-c2ccc(C=O)c(Nc3ccc(F)cc3)c2)c1. The molecule has 3 N–H and O–H groups in total. The molecule has 0 bridgehead atoms. The van der Waals surface area contributed by atoms with Crippen LogP contribution >= 0.6 is 0 Å². The minimum absolute atomic E-state index is 0.335. The second-order valence-electron chi connectivity index (χ2n) is 5.50. The number of carbonyl (C=O) groups is 2. The van der Waals surface area contributed by atoms with E-state index in [1.807, 2.05) is 6.07 Å². The van der Waals surface area contributed by atoms with Gasteiger partial charge >= 0.3 is 0 Å². The third-order valence-corrected chi connectivity index (χ3v) is 3.78. The summed E-state index contributed by atoms with van der Waals surface area (Å²) >= 11 is 0. The number of nitrogens with two attached hydrogens (primary N) is 1. The fraction of sp³-hybridized carbons (Fsp3) is 0. The van der Waals surface area contributed by atoms with Crippen molar-refractivity contribution in [2.45, 2.75) is 0 Å². The van der Waals surface area contributed by atoms with Gasteiger partial charge in [-0.3, -0.25) is 9.59 Å². The highest BCUT2D eigenvalue weighted by Gasteiger charge is 2.08. The van der Waals surface area contributed by atoms with Gasteiger partial charge in [0.1, 0.15) is 5.82 Å². The van der Waals surface area contributed by atoms with Crippen LogP contribution in [0.15, 0.2) is 66.7 Å². The highest BCUT2D eigenvalue weighted by molar-refractivity contribution is 5.94. The number of benzene rings is 3. The van der Waals surface area contributed by atoms with E-state index in [4.69, 9.17) is 5.73 Å². The molecule has 5 heteroatoms. The van der Waals surface area contributed by atoms with Gasteiger partial charge in [0.05, 0.1) is 0 Å². The normalized spacial score (nSPS) is 10.3. The first-order valence-electron chi connectivity index (χ1n) is 7.59. The number of nitrogens with one attached hydrogen (secondary N) is 1. The second-order valence-corrected chi connectivity index (χ2v) is 5.50. The van der Waals surface area contributed by atoms with E-state index in [0.717, 1.165) is 17.4 Å². The van der Waals surface area contributed by atoms with Crippen molar-refractivity contribution in [3.05, 3.63) is 83.7 Å². The van der Waals surface area contributed by atoms with Crippen LogP contribution in [-0.2, 0) is 0 Å². The van der Waals surface area contributed by atoms with Crippen molar-refractivity contribution in [2.24, 2.45) is 5.73 Å². The first-order valence-corrected chi connectivity index (χ1v) is 7.59. The number of halogens is 1. The average Bonchev–Trinajstić information content (AvgIpc) is 2.63. The van der Waals surface area contributed by atoms with Gasteiger partial charge in [-0.1, -0.05) is 18.2 Å². The Hall–Kier alpha value is -3.47. The molecule has 0 aliphatic rings. The van der Waals surface area contributed by atoms with Crippen LogP contribution < -0.4 is 11.1 Å². The lowest BCUT2D eigenvalue weighted by Gasteiger charge is -2.12. The Morgan fingerprint density at radius 2 is 1.68 bits per heavy atom. The number of anilines is 2. The van der Waals surface area contributed by atoms with Crippen molar-refractivity contribution in [3.63, 3.8) is 0 Å². The molecule has 3 rings (SSSR count). The van der Waals surface area contributed by atoms with Gasteiger partial charge in [0.15, 0.2) is 6.29 Å². The predicted octanol–water partition coefficient (Wildman–Crippen LogP) is 4.15. The van der Waals surface area contributed by atoms with Crippen LogP contribution in [0.25, 0.3) is 11.1 Å². The summed E-state index contributed by atoms with van der Waals surface area (Å²) < 4.78 is 13.0. The Bertz CT molecular complexity index is 937. The molecule has 0 radical (unpaired) electrons. The molecule has 0 spiro atoms. The summed E-state index contributed by atoms with van der Waals surface area (Å²) in [5, 5.41) is 3.11. The highest BCUT2D eigenvalue weighted by Crippen LogP contribution is 2.28. The monoisotopic (exact) mass is 334 g/mol. The quantitative estimate of drug-likeness (QED) is 0.689. The lowest BCUT2D eigenvalue weighted by atomic mass is 10.0. The van der Waals surface area contributed by atoms with Crippen LogP contribution in [0, 0.1) is 5.82 Å². The summed E-state index contributed by atoms with van der Waals surface area (Å²) in [7, 11) is 0. The zero-order chi connectivity index (χ0) is 17.8. The van der Waals surface area contributed by atoms with Gasteiger partial charge in [0.2, 0.25) is 5.91 Å². The Balaban J connectivity index is 2.00. The topological polar surface area (TPSA) is 72.2 Å². The van der Waals surface area contributed by atoms with Gasteiger partial charge in [-0.15, -0.1) is 0 Å². The first-order chi connectivity index (χ1) is 12.1. The third kappa shape index (κ3) is 3.72. The van der Waals surface area contributed by atoms with E-state index in [1.54, 1.807) is 48.5 Å². The van der Waals surface area contributed by atoms with Gasteiger partial charge in [0, 0.05) is 22.5 Å². The van der Waals surface area contributed by atoms with Crippen LogP contribution in [0.3, 0.4) is 0 Å². The minimum Gasteiger partial charge on any atom is -0.366 e. The largest absolute Gasteiger partial charge is 0.366 e. The van der Waals surface area contributed by atoms with E-state index in [0.29, 0.717) is 22.5 Å². The van der Waals surface area contributed by atoms with E-state index in [9.17, 15) is 14.0 Å². The van der Waals surface area contributed by atoms with Gasteiger partial charge in [-0.2, -0.15) is 0 Å². The molecule has 4 nitrogen and oxygen atoms in total. The number of primary amides is 1. The summed E-state index contributed by atoms with van der Waals surface area (Å²) in [5.74, 6) is -0.839. The molecule has 0 heterocycles. The molecule has 0 fully saturated rings. The minimum atomic E-state index is -0.504. The lowest BCUT2D eigenvalue weighted by molar-refractivity contribution is 0.1000. The van der Waals surface area contributed by atoms with Crippen molar-refractivity contribution in [2.75, 3.05) is 5.32 Å². The summed E-state index contributed by atoms with van der Waals surface area (Å²) in [6.07, 6.45) is 0.746. The zero-order valence-electron chi connectivity index (χ0n) is 13.2. The summed E-state index contributed by atoms with van der Waals surface area (Å²) in [4.78, 5) is 22.7. The van der Waals surface area contributed by atoms with Crippen molar-refractivity contribution >= 4 is 23.6 Å². The van der Waals surface area contributed by atoms with Crippen LogP contribution in [0.2, 0.25) is 0 Å². The maximum atomic E-state index is 13.0. The van der Waals surface area contributed by atoms with E-state index < -0.39 is 5.91 Å². The van der Waals surface area contributed by atoms with Crippen LogP contribution in [0.5, 0.6) is 0 Å². The molecule has 0 saturated heterocycles. The van der Waals surface area contributed by atoms with E-state index in [2.05, 4.69) is 5.32 Å². The molecule has 0 unspecified atom stereocenters. The Kier molecular flexibility index (Phi) is 4.57. The number of rotatable bonds is 5. The highest BCUT2D eigenvalue weighted by atomic mass is 19.1. The number of hydrogen-bond donors (Lipinski definition) is 2. The molecule has 3 aromatic carbocycles. The van der Waals surface area contributed by atoms with Crippen LogP contribution in [0.4, 0.5) is 15.8 Å². The average molecular weight is 334 g/mol. The maximum Gasteiger partial charge on any atom is 0.248 e. The molecule has 0 aromatic heterocycles. The number of carbonyl (C=O) groups excluding carboxylic acids is 2. The molecule has 0 saturated carbocycles. The second kappa shape index (κ2) is 6.97. The number of amides is 1. The smallest absolute Gasteiger partial charge is 0.248 e. The molecular weight excluding hydrogens is 319 g/mol. The lowest BCUT2D eigenvalue weighted by Crippen LogP contribution is -2.10. The predicted molar refractivity (Wildman–Crippen MR) is 95.5 cm³/mol. The molecule has 0 atom stereocenters. The first kappa shape index (κ1) is 16.4. The van der Waals surface area contributed by atoms with Gasteiger partial charge in [-0.05, 0) is 59.7 Å². The van der Waals surface area contributed by atoms with Gasteiger partial charge in [-0.25, -0.2) is 4.39 Å². The number of aldehydes is 1. The molecular formula is C20H15FN2O2. The standard InChI is InChI=1S/C20H15FN2O2/c21-17-6-8-18(9-7-17)23-19-11-14(4-5-16(19)12-24)13-2-1-3-15(10-13)20(22)25/h1-12,23H,(H2,22,25).